The van der Waals surface area contributed by atoms with Crippen LogP contribution < -0.4 is 0 Å². The second-order valence-electron chi connectivity index (χ2n) is 5.76. The SMILES string of the molecule is C[C@@H](C(=O)O)N1C=CCC[C@H](N2C(=O)c3ccccc3C2=O)C1=O. The molecule has 0 spiro atoms. The highest BCUT2D eigenvalue weighted by atomic mass is 16.4. The Morgan fingerprint density at radius 2 is 1.75 bits per heavy atom. The molecule has 0 bridgehead atoms. The number of carboxylic acids is 1. The van der Waals surface area contributed by atoms with Crippen molar-refractivity contribution in [3.8, 4) is 0 Å². The van der Waals surface area contributed by atoms with Crippen molar-refractivity contribution in [2.75, 3.05) is 0 Å². The van der Waals surface area contributed by atoms with Crippen LogP contribution in [0.2, 0.25) is 0 Å². The van der Waals surface area contributed by atoms with Gasteiger partial charge in [-0.05, 0) is 31.9 Å². The number of carboxylic acid groups (broad SMARTS) is 1. The van der Waals surface area contributed by atoms with E-state index < -0.39 is 35.8 Å². The molecule has 124 valence electrons. The molecule has 0 aliphatic carbocycles. The highest BCUT2D eigenvalue weighted by Gasteiger charge is 2.44. The first-order valence-corrected chi connectivity index (χ1v) is 7.62. The second kappa shape index (κ2) is 5.92. The first-order chi connectivity index (χ1) is 11.4. The minimum absolute atomic E-state index is 0.268. The number of aliphatic carboxylic acids is 1. The van der Waals surface area contributed by atoms with Gasteiger partial charge in [0.2, 0.25) is 0 Å². The molecule has 0 fully saturated rings. The van der Waals surface area contributed by atoms with E-state index in [0.29, 0.717) is 6.42 Å². The fourth-order valence-electron chi connectivity index (χ4n) is 2.98. The van der Waals surface area contributed by atoms with E-state index in [2.05, 4.69) is 0 Å². The number of amides is 3. The molecule has 2 atom stereocenters. The lowest BCUT2D eigenvalue weighted by molar-refractivity contribution is -0.148. The van der Waals surface area contributed by atoms with Gasteiger partial charge in [0.1, 0.15) is 12.1 Å². The molecule has 2 heterocycles. The summed E-state index contributed by atoms with van der Waals surface area (Å²) in [6, 6.07) is 4.32. The topological polar surface area (TPSA) is 95.0 Å². The Hall–Kier alpha value is -2.96. The molecule has 0 aromatic heterocycles. The lowest BCUT2D eigenvalue weighted by Crippen LogP contribution is -2.52. The maximum atomic E-state index is 12.8. The summed E-state index contributed by atoms with van der Waals surface area (Å²) in [6.07, 6.45) is 3.82. The maximum Gasteiger partial charge on any atom is 0.326 e. The molecule has 1 N–H and O–H groups in total. The minimum atomic E-state index is -1.16. The van der Waals surface area contributed by atoms with Crippen LogP contribution in [0, 0.1) is 0 Å². The van der Waals surface area contributed by atoms with E-state index >= 15 is 0 Å². The Labute approximate surface area is 138 Å². The molecule has 7 heteroatoms. The molecule has 1 aromatic carbocycles. The van der Waals surface area contributed by atoms with Crippen molar-refractivity contribution < 1.29 is 24.3 Å². The zero-order valence-corrected chi connectivity index (χ0v) is 13.0. The van der Waals surface area contributed by atoms with Gasteiger partial charge in [0.25, 0.3) is 17.7 Å². The van der Waals surface area contributed by atoms with Gasteiger partial charge in [-0.3, -0.25) is 19.3 Å². The number of imide groups is 1. The van der Waals surface area contributed by atoms with E-state index in [4.69, 9.17) is 5.11 Å². The number of rotatable bonds is 3. The summed E-state index contributed by atoms with van der Waals surface area (Å²) < 4.78 is 0. The van der Waals surface area contributed by atoms with Crippen LogP contribution in [0.3, 0.4) is 0 Å². The van der Waals surface area contributed by atoms with Gasteiger partial charge in [-0.1, -0.05) is 18.2 Å². The fraction of sp³-hybridized carbons (Fsp3) is 0.294. The standard InChI is InChI=1S/C17H16N2O5/c1-10(17(23)24)18-9-5-4-8-13(16(18)22)19-14(20)11-6-2-3-7-12(11)15(19)21/h2-3,5-7,9-10,13H,4,8H2,1H3,(H,23,24)/t10-,13-/m0/s1. The van der Waals surface area contributed by atoms with Gasteiger partial charge in [-0.25, -0.2) is 4.79 Å². The minimum Gasteiger partial charge on any atom is -0.480 e. The van der Waals surface area contributed by atoms with E-state index in [1.54, 1.807) is 30.3 Å². The average molecular weight is 328 g/mol. The summed E-state index contributed by atoms with van der Waals surface area (Å²) in [6.45, 7) is 1.38. The number of hydrogen-bond acceptors (Lipinski definition) is 4. The first-order valence-electron chi connectivity index (χ1n) is 7.62. The third kappa shape index (κ3) is 2.38. The Bertz CT molecular complexity index is 735. The van der Waals surface area contributed by atoms with Crippen LogP contribution in [-0.4, -0.2) is 50.7 Å². The van der Waals surface area contributed by atoms with Crippen molar-refractivity contribution >= 4 is 23.7 Å². The number of nitrogens with zero attached hydrogens (tertiary/aromatic N) is 2. The quantitative estimate of drug-likeness (QED) is 0.843. The van der Waals surface area contributed by atoms with Gasteiger partial charge in [-0.2, -0.15) is 0 Å². The van der Waals surface area contributed by atoms with E-state index in [9.17, 15) is 19.2 Å². The molecule has 0 radical (unpaired) electrons. The van der Waals surface area contributed by atoms with Crippen LogP contribution in [0.1, 0.15) is 40.5 Å². The molecular formula is C17H16N2O5. The van der Waals surface area contributed by atoms with Gasteiger partial charge in [0.15, 0.2) is 0 Å². The molecule has 3 rings (SSSR count). The molecule has 2 aliphatic heterocycles. The van der Waals surface area contributed by atoms with Crippen molar-refractivity contribution in [3.05, 3.63) is 47.7 Å². The number of carbonyl (C=O) groups is 4. The summed E-state index contributed by atoms with van der Waals surface area (Å²) in [7, 11) is 0. The number of benzene rings is 1. The van der Waals surface area contributed by atoms with Crippen molar-refractivity contribution in [1.82, 2.24) is 9.80 Å². The highest BCUT2D eigenvalue weighted by molar-refractivity contribution is 6.22. The van der Waals surface area contributed by atoms with Crippen LogP contribution in [0.25, 0.3) is 0 Å². The van der Waals surface area contributed by atoms with Gasteiger partial charge in [0.05, 0.1) is 11.1 Å². The van der Waals surface area contributed by atoms with Crippen LogP contribution in [0.15, 0.2) is 36.5 Å². The molecule has 0 saturated heterocycles. The summed E-state index contributed by atoms with van der Waals surface area (Å²) in [5, 5.41) is 9.17. The van der Waals surface area contributed by atoms with Crippen LogP contribution in [0.5, 0.6) is 0 Å². The molecule has 7 nitrogen and oxygen atoms in total. The lowest BCUT2D eigenvalue weighted by atomic mass is 10.1. The van der Waals surface area contributed by atoms with E-state index in [1.165, 1.54) is 13.1 Å². The Morgan fingerprint density at radius 3 is 2.29 bits per heavy atom. The number of carbonyl (C=O) groups excluding carboxylic acids is 3. The number of hydrogen-bond donors (Lipinski definition) is 1. The molecule has 2 aliphatic rings. The zero-order chi connectivity index (χ0) is 17.4. The Kier molecular flexibility index (Phi) is 3.92. The van der Waals surface area contributed by atoms with Crippen molar-refractivity contribution in [1.29, 1.82) is 0 Å². The van der Waals surface area contributed by atoms with Crippen LogP contribution in [0.4, 0.5) is 0 Å². The van der Waals surface area contributed by atoms with Crippen molar-refractivity contribution in [3.63, 3.8) is 0 Å². The number of allylic oxidation sites excluding steroid dienone is 1. The van der Waals surface area contributed by atoms with Crippen molar-refractivity contribution in [2.45, 2.75) is 31.8 Å². The molecule has 3 amide bonds. The predicted octanol–water partition coefficient (Wildman–Crippen LogP) is 1.26. The van der Waals surface area contributed by atoms with Crippen LogP contribution in [-0.2, 0) is 9.59 Å². The second-order valence-corrected chi connectivity index (χ2v) is 5.76. The van der Waals surface area contributed by atoms with Gasteiger partial charge >= 0.3 is 5.97 Å². The monoisotopic (exact) mass is 328 g/mol. The molecule has 0 saturated carbocycles. The van der Waals surface area contributed by atoms with E-state index in [-0.39, 0.29) is 17.5 Å². The van der Waals surface area contributed by atoms with Crippen molar-refractivity contribution in [2.24, 2.45) is 0 Å². The van der Waals surface area contributed by atoms with Gasteiger partial charge < -0.3 is 10.0 Å². The fourth-order valence-corrected chi connectivity index (χ4v) is 2.98. The largest absolute Gasteiger partial charge is 0.480 e. The highest BCUT2D eigenvalue weighted by Crippen LogP contribution is 2.28. The van der Waals surface area contributed by atoms with Crippen LogP contribution >= 0.6 is 0 Å². The average Bonchev–Trinajstić information content (AvgIpc) is 2.71. The van der Waals surface area contributed by atoms with Gasteiger partial charge in [0, 0.05) is 6.20 Å². The first kappa shape index (κ1) is 15.9. The summed E-state index contributed by atoms with van der Waals surface area (Å²) in [5.41, 5.74) is 0.538. The zero-order valence-electron chi connectivity index (χ0n) is 13.0. The smallest absolute Gasteiger partial charge is 0.326 e. The van der Waals surface area contributed by atoms with E-state index in [1.807, 2.05) is 0 Å². The van der Waals surface area contributed by atoms with E-state index in [0.717, 1.165) is 9.80 Å². The van der Waals surface area contributed by atoms with Gasteiger partial charge in [-0.15, -0.1) is 0 Å². The molecular weight excluding hydrogens is 312 g/mol. The summed E-state index contributed by atoms with van der Waals surface area (Å²) >= 11 is 0. The Balaban J connectivity index is 1.95. The summed E-state index contributed by atoms with van der Waals surface area (Å²) in [4.78, 5) is 51.2. The lowest BCUT2D eigenvalue weighted by Gasteiger charge is -2.29. The number of fused-ring (bicyclic) bond motifs is 1. The normalized spacial score (nSPS) is 21.7. The predicted molar refractivity (Wildman–Crippen MR) is 83.0 cm³/mol. The molecule has 24 heavy (non-hydrogen) atoms. The molecule has 1 aromatic rings. The maximum absolute atomic E-state index is 12.8. The Morgan fingerprint density at radius 1 is 1.17 bits per heavy atom. The molecule has 0 unspecified atom stereocenters. The third-order valence-electron chi connectivity index (χ3n) is 4.32. The summed E-state index contributed by atoms with van der Waals surface area (Å²) in [5.74, 6) is -2.75. The third-order valence-corrected chi connectivity index (χ3v) is 4.32.